The van der Waals surface area contributed by atoms with Gasteiger partial charge in [-0.3, -0.25) is 9.48 Å². The zero-order chi connectivity index (χ0) is 15.5. The second-order valence-corrected chi connectivity index (χ2v) is 6.70. The van der Waals surface area contributed by atoms with Gasteiger partial charge in [0.05, 0.1) is 6.04 Å². The van der Waals surface area contributed by atoms with Crippen LogP contribution in [0.15, 0.2) is 34.5 Å². The lowest BCUT2D eigenvalue weighted by molar-refractivity contribution is 0.0927. The zero-order valence-corrected chi connectivity index (χ0v) is 13.9. The number of nitrogens with zero attached hydrogens (tertiary/aromatic N) is 3. The number of nitrogens with one attached hydrogen (secondary N) is 1. The lowest BCUT2D eigenvalue weighted by atomic mass is 10.1. The van der Waals surface area contributed by atoms with E-state index in [1.807, 2.05) is 17.7 Å². The predicted octanol–water partition coefficient (Wildman–Crippen LogP) is 2.96. The van der Waals surface area contributed by atoms with Crippen molar-refractivity contribution in [2.45, 2.75) is 19.4 Å². The van der Waals surface area contributed by atoms with E-state index in [2.05, 4.69) is 26.8 Å². The smallest absolute Gasteiger partial charge is 0.270 e. The first-order valence-corrected chi connectivity index (χ1v) is 8.67. The molecule has 0 spiro atoms. The van der Waals surface area contributed by atoms with Gasteiger partial charge in [0, 0.05) is 30.7 Å². The molecule has 7 heteroatoms. The van der Waals surface area contributed by atoms with Crippen LogP contribution >= 0.6 is 22.7 Å². The highest BCUT2D eigenvalue weighted by atomic mass is 32.1. The Bertz CT molecular complexity index is 760. The third-order valence-corrected chi connectivity index (χ3v) is 5.12. The fraction of sp³-hybridized carbons (Fsp3) is 0.267. The highest BCUT2D eigenvalue weighted by Crippen LogP contribution is 2.23. The summed E-state index contributed by atoms with van der Waals surface area (Å²) >= 11 is 3.24. The summed E-state index contributed by atoms with van der Waals surface area (Å²) in [4.78, 5) is 17.0. The topological polar surface area (TPSA) is 59.8 Å². The Hall–Kier alpha value is -1.99. The maximum atomic E-state index is 12.5. The Labute approximate surface area is 136 Å². The van der Waals surface area contributed by atoms with E-state index in [0.717, 1.165) is 17.1 Å². The van der Waals surface area contributed by atoms with Gasteiger partial charge in [0.15, 0.2) is 0 Å². The second-order valence-electron chi connectivity index (χ2n) is 5.03. The zero-order valence-electron chi connectivity index (χ0n) is 12.3. The summed E-state index contributed by atoms with van der Waals surface area (Å²) in [5.41, 5.74) is 2.72. The standard InChI is InChI=1S/C15H16N4OS2/c1-10-8-22-15(17-10)12(7-11-4-6-21-9-11)18-14(20)13-3-5-16-19(13)2/h3-6,8-9,12H,7H2,1-2H3,(H,18,20). The molecule has 0 bridgehead atoms. The van der Waals surface area contributed by atoms with E-state index < -0.39 is 0 Å². The molecule has 0 aliphatic heterocycles. The van der Waals surface area contributed by atoms with Crippen LogP contribution in [0.25, 0.3) is 0 Å². The number of hydrogen-bond acceptors (Lipinski definition) is 5. The summed E-state index contributed by atoms with van der Waals surface area (Å²) in [6, 6.07) is 3.66. The lowest BCUT2D eigenvalue weighted by Crippen LogP contribution is -2.31. The minimum atomic E-state index is -0.131. The number of thiophene rings is 1. The van der Waals surface area contributed by atoms with E-state index in [4.69, 9.17) is 0 Å². The normalized spacial score (nSPS) is 12.3. The molecule has 3 aromatic heterocycles. The number of carbonyl (C=O) groups is 1. The summed E-state index contributed by atoms with van der Waals surface area (Å²) in [7, 11) is 1.76. The van der Waals surface area contributed by atoms with Crippen molar-refractivity contribution in [2.24, 2.45) is 7.05 Å². The number of aryl methyl sites for hydroxylation is 2. The molecular formula is C15H16N4OS2. The molecular weight excluding hydrogens is 316 g/mol. The molecule has 1 N–H and O–H groups in total. The van der Waals surface area contributed by atoms with Gasteiger partial charge >= 0.3 is 0 Å². The van der Waals surface area contributed by atoms with Crippen LogP contribution in [0.1, 0.15) is 32.8 Å². The Morgan fingerprint density at radius 3 is 2.86 bits per heavy atom. The first-order chi connectivity index (χ1) is 10.6. The lowest BCUT2D eigenvalue weighted by Gasteiger charge is -2.16. The van der Waals surface area contributed by atoms with Gasteiger partial charge in [0.25, 0.3) is 5.91 Å². The molecule has 1 atom stereocenters. The number of hydrogen-bond donors (Lipinski definition) is 1. The largest absolute Gasteiger partial charge is 0.341 e. The Balaban J connectivity index is 1.82. The highest BCUT2D eigenvalue weighted by molar-refractivity contribution is 7.09. The molecule has 0 fully saturated rings. The van der Waals surface area contributed by atoms with Gasteiger partial charge in [-0.1, -0.05) is 0 Å². The van der Waals surface area contributed by atoms with Gasteiger partial charge in [0.1, 0.15) is 10.7 Å². The van der Waals surface area contributed by atoms with Crippen molar-refractivity contribution in [2.75, 3.05) is 0 Å². The SMILES string of the molecule is Cc1csc(C(Cc2ccsc2)NC(=O)c2ccnn2C)n1. The molecule has 0 saturated heterocycles. The quantitative estimate of drug-likeness (QED) is 0.781. The third kappa shape index (κ3) is 3.26. The van der Waals surface area contributed by atoms with Crippen LogP contribution in [-0.2, 0) is 13.5 Å². The van der Waals surface area contributed by atoms with Crippen LogP contribution in [0.4, 0.5) is 0 Å². The van der Waals surface area contributed by atoms with Gasteiger partial charge in [-0.05, 0) is 35.4 Å². The second kappa shape index (κ2) is 6.41. The van der Waals surface area contributed by atoms with Crippen molar-refractivity contribution < 1.29 is 4.79 Å². The number of amides is 1. The van der Waals surface area contributed by atoms with Gasteiger partial charge in [-0.15, -0.1) is 11.3 Å². The monoisotopic (exact) mass is 332 g/mol. The molecule has 1 unspecified atom stereocenters. The van der Waals surface area contributed by atoms with Crippen LogP contribution in [0.5, 0.6) is 0 Å². The van der Waals surface area contributed by atoms with Gasteiger partial charge in [0.2, 0.25) is 0 Å². The van der Waals surface area contributed by atoms with Crippen molar-refractivity contribution in [3.8, 4) is 0 Å². The number of rotatable bonds is 5. The fourth-order valence-corrected chi connectivity index (χ4v) is 3.73. The van der Waals surface area contributed by atoms with Crippen molar-refractivity contribution in [3.63, 3.8) is 0 Å². The summed E-state index contributed by atoms with van der Waals surface area (Å²) < 4.78 is 1.57. The average molecular weight is 332 g/mol. The average Bonchev–Trinajstić information content (AvgIpc) is 3.20. The van der Waals surface area contributed by atoms with Crippen LogP contribution in [0, 0.1) is 6.92 Å². The molecule has 5 nitrogen and oxygen atoms in total. The van der Waals surface area contributed by atoms with Gasteiger partial charge < -0.3 is 5.32 Å². The molecule has 0 saturated carbocycles. The van der Waals surface area contributed by atoms with Gasteiger partial charge in [-0.2, -0.15) is 16.4 Å². The molecule has 1 amide bonds. The molecule has 3 heterocycles. The van der Waals surface area contributed by atoms with E-state index in [9.17, 15) is 4.79 Å². The summed E-state index contributed by atoms with van der Waals surface area (Å²) in [5.74, 6) is -0.131. The van der Waals surface area contributed by atoms with E-state index in [0.29, 0.717) is 5.69 Å². The minimum absolute atomic E-state index is 0.129. The molecule has 114 valence electrons. The maximum Gasteiger partial charge on any atom is 0.270 e. The molecule has 3 aromatic rings. The van der Waals surface area contributed by atoms with Gasteiger partial charge in [-0.25, -0.2) is 4.98 Å². The summed E-state index contributed by atoms with van der Waals surface area (Å²) in [6.07, 6.45) is 2.36. The minimum Gasteiger partial charge on any atom is -0.341 e. The van der Waals surface area contributed by atoms with Crippen molar-refractivity contribution in [1.29, 1.82) is 0 Å². The molecule has 22 heavy (non-hydrogen) atoms. The summed E-state index contributed by atoms with van der Waals surface area (Å²) in [6.45, 7) is 1.96. The van der Waals surface area contributed by atoms with Crippen LogP contribution in [0.2, 0.25) is 0 Å². The Morgan fingerprint density at radius 1 is 1.41 bits per heavy atom. The Morgan fingerprint density at radius 2 is 2.27 bits per heavy atom. The van der Waals surface area contributed by atoms with Crippen LogP contribution in [0.3, 0.4) is 0 Å². The fourth-order valence-electron chi connectivity index (χ4n) is 2.21. The predicted molar refractivity (Wildman–Crippen MR) is 88.3 cm³/mol. The number of aromatic nitrogens is 3. The first-order valence-electron chi connectivity index (χ1n) is 6.85. The summed E-state index contributed by atoms with van der Waals surface area (Å²) in [5, 5.41) is 14.2. The number of carbonyl (C=O) groups excluding carboxylic acids is 1. The molecule has 0 aromatic carbocycles. The van der Waals surface area contributed by atoms with E-state index in [-0.39, 0.29) is 11.9 Å². The molecule has 0 aliphatic rings. The molecule has 0 radical (unpaired) electrons. The Kier molecular flexibility index (Phi) is 4.35. The van der Waals surface area contributed by atoms with E-state index in [1.54, 1.807) is 46.7 Å². The highest BCUT2D eigenvalue weighted by Gasteiger charge is 2.20. The van der Waals surface area contributed by atoms with Crippen LogP contribution < -0.4 is 5.32 Å². The molecule has 0 aliphatic carbocycles. The molecule has 3 rings (SSSR count). The maximum absolute atomic E-state index is 12.5. The van der Waals surface area contributed by atoms with Crippen molar-refractivity contribution in [3.05, 3.63) is 56.4 Å². The van der Waals surface area contributed by atoms with Crippen molar-refractivity contribution in [1.82, 2.24) is 20.1 Å². The number of thiazole rings is 1. The van der Waals surface area contributed by atoms with E-state index >= 15 is 0 Å². The third-order valence-electron chi connectivity index (χ3n) is 3.31. The van der Waals surface area contributed by atoms with Crippen molar-refractivity contribution >= 4 is 28.6 Å². The van der Waals surface area contributed by atoms with E-state index in [1.165, 1.54) is 5.56 Å². The first kappa shape index (κ1) is 14.9. The van der Waals surface area contributed by atoms with Crippen LogP contribution in [-0.4, -0.2) is 20.7 Å².